The van der Waals surface area contributed by atoms with Gasteiger partial charge in [0.15, 0.2) is 0 Å². The highest BCUT2D eigenvalue weighted by atomic mass is 15.3. The van der Waals surface area contributed by atoms with Crippen molar-refractivity contribution in [2.24, 2.45) is 12.8 Å². The minimum absolute atomic E-state index is 0.351. The number of hydrogen-bond donors (Lipinski definition) is 1. The number of rotatable bonds is 3. The van der Waals surface area contributed by atoms with Gasteiger partial charge in [-0.25, -0.2) is 0 Å². The van der Waals surface area contributed by atoms with E-state index in [2.05, 4.69) is 12.0 Å². The molecular weight excluding hydrogens is 174 g/mol. The predicted molar refractivity (Wildman–Crippen MR) is 57.1 cm³/mol. The van der Waals surface area contributed by atoms with Gasteiger partial charge >= 0.3 is 0 Å². The summed E-state index contributed by atoms with van der Waals surface area (Å²) >= 11 is 0. The molecule has 1 saturated carbocycles. The monoisotopic (exact) mass is 193 g/mol. The third-order valence-electron chi connectivity index (χ3n) is 3.56. The van der Waals surface area contributed by atoms with Crippen LogP contribution in [0.25, 0.3) is 0 Å². The summed E-state index contributed by atoms with van der Waals surface area (Å²) in [7, 11) is 2.04. The first-order valence-electron chi connectivity index (χ1n) is 5.39. The number of hydrogen-bond acceptors (Lipinski definition) is 2. The second-order valence-electron chi connectivity index (χ2n) is 4.47. The maximum absolute atomic E-state index is 5.70. The van der Waals surface area contributed by atoms with Crippen LogP contribution in [0.1, 0.15) is 36.9 Å². The highest BCUT2D eigenvalue weighted by molar-refractivity contribution is 5.28. The molecule has 1 aliphatic carbocycles. The zero-order chi connectivity index (χ0) is 10.2. The Labute approximate surface area is 85.3 Å². The minimum atomic E-state index is 0.351. The first kappa shape index (κ1) is 9.71. The fourth-order valence-electron chi connectivity index (χ4n) is 2.79. The van der Waals surface area contributed by atoms with Gasteiger partial charge in [0.2, 0.25) is 0 Å². The molecule has 1 aromatic heterocycles. The van der Waals surface area contributed by atoms with Crippen LogP contribution in [0.15, 0.2) is 6.20 Å². The van der Waals surface area contributed by atoms with Crippen molar-refractivity contribution in [3.05, 3.63) is 17.5 Å². The van der Waals surface area contributed by atoms with Crippen molar-refractivity contribution < 1.29 is 0 Å². The van der Waals surface area contributed by atoms with E-state index in [-0.39, 0.29) is 0 Å². The Bertz CT molecular complexity index is 304. The lowest BCUT2D eigenvalue weighted by molar-refractivity contribution is 0.214. The van der Waals surface area contributed by atoms with Gasteiger partial charge in [-0.1, -0.05) is 6.42 Å². The van der Waals surface area contributed by atoms with Crippen LogP contribution in [0, 0.1) is 6.92 Å². The molecule has 1 heterocycles. The van der Waals surface area contributed by atoms with Crippen molar-refractivity contribution in [2.45, 2.75) is 38.0 Å². The Morgan fingerprint density at radius 3 is 2.64 bits per heavy atom. The fraction of sp³-hybridized carbons (Fsp3) is 0.727. The summed E-state index contributed by atoms with van der Waals surface area (Å²) in [6.45, 7) is 2.93. The molecule has 0 radical (unpaired) electrons. The Balaban J connectivity index is 2.35. The van der Waals surface area contributed by atoms with Crippen LogP contribution < -0.4 is 5.73 Å². The number of aromatic nitrogens is 2. The van der Waals surface area contributed by atoms with Crippen LogP contribution in [0.2, 0.25) is 0 Å². The standard InChI is InChI=1S/C11H19N3/c1-9-8-13-14(2)10(9)11(6-7-12)4-3-5-11/h8H,3-7,12H2,1-2H3. The smallest absolute Gasteiger partial charge is 0.0521 e. The largest absolute Gasteiger partial charge is 0.330 e. The topological polar surface area (TPSA) is 43.8 Å². The second kappa shape index (κ2) is 3.39. The molecule has 1 aromatic rings. The van der Waals surface area contributed by atoms with Gasteiger partial charge in [-0.05, 0) is 38.3 Å². The van der Waals surface area contributed by atoms with Crippen molar-refractivity contribution in [3.8, 4) is 0 Å². The third kappa shape index (κ3) is 1.27. The van der Waals surface area contributed by atoms with E-state index in [4.69, 9.17) is 5.73 Å². The van der Waals surface area contributed by atoms with E-state index in [9.17, 15) is 0 Å². The summed E-state index contributed by atoms with van der Waals surface area (Å²) in [6.07, 6.45) is 6.97. The predicted octanol–water partition coefficient (Wildman–Crippen LogP) is 1.50. The number of nitrogens with zero attached hydrogens (tertiary/aromatic N) is 2. The summed E-state index contributed by atoms with van der Waals surface area (Å²) in [6, 6.07) is 0. The van der Waals surface area contributed by atoms with E-state index in [0.29, 0.717) is 5.41 Å². The van der Waals surface area contributed by atoms with Crippen LogP contribution in [-0.4, -0.2) is 16.3 Å². The molecule has 0 unspecified atom stereocenters. The van der Waals surface area contributed by atoms with Gasteiger partial charge in [0.05, 0.1) is 6.20 Å². The molecule has 1 fully saturated rings. The van der Waals surface area contributed by atoms with Crippen molar-refractivity contribution >= 4 is 0 Å². The summed E-state index contributed by atoms with van der Waals surface area (Å²) in [5.41, 5.74) is 8.78. The first-order chi connectivity index (χ1) is 6.69. The Hall–Kier alpha value is -0.830. The molecule has 3 nitrogen and oxygen atoms in total. The van der Waals surface area contributed by atoms with Gasteiger partial charge in [0, 0.05) is 18.2 Å². The fourth-order valence-corrected chi connectivity index (χ4v) is 2.79. The average Bonchev–Trinajstić information content (AvgIpc) is 2.41. The summed E-state index contributed by atoms with van der Waals surface area (Å²) in [4.78, 5) is 0. The highest BCUT2D eigenvalue weighted by Gasteiger charge is 2.40. The SMILES string of the molecule is Cc1cnn(C)c1C1(CCN)CCC1. The van der Waals surface area contributed by atoms with Crippen molar-refractivity contribution in [3.63, 3.8) is 0 Å². The lowest BCUT2D eigenvalue weighted by Crippen LogP contribution is -2.38. The van der Waals surface area contributed by atoms with Crippen LogP contribution in [0.4, 0.5) is 0 Å². The molecule has 0 aromatic carbocycles. The average molecular weight is 193 g/mol. The Morgan fingerprint density at radius 1 is 1.57 bits per heavy atom. The van der Waals surface area contributed by atoms with Crippen LogP contribution in [-0.2, 0) is 12.5 Å². The molecule has 3 heteroatoms. The number of nitrogens with two attached hydrogens (primary N) is 1. The zero-order valence-electron chi connectivity index (χ0n) is 9.08. The minimum Gasteiger partial charge on any atom is -0.330 e. The maximum Gasteiger partial charge on any atom is 0.0521 e. The maximum atomic E-state index is 5.70. The molecule has 2 N–H and O–H groups in total. The van der Waals surface area contributed by atoms with Gasteiger partial charge < -0.3 is 5.73 Å². The molecule has 0 bridgehead atoms. The lowest BCUT2D eigenvalue weighted by atomic mass is 9.64. The van der Waals surface area contributed by atoms with Gasteiger partial charge in [-0.2, -0.15) is 5.10 Å². The highest BCUT2D eigenvalue weighted by Crippen LogP contribution is 2.46. The lowest BCUT2D eigenvalue weighted by Gasteiger charge is -2.42. The first-order valence-corrected chi connectivity index (χ1v) is 5.39. The molecule has 1 aliphatic rings. The van der Waals surface area contributed by atoms with Gasteiger partial charge in [0.25, 0.3) is 0 Å². The number of aryl methyl sites for hydroxylation is 2. The van der Waals surface area contributed by atoms with Gasteiger partial charge in [-0.3, -0.25) is 4.68 Å². The van der Waals surface area contributed by atoms with E-state index in [1.165, 1.54) is 30.5 Å². The second-order valence-corrected chi connectivity index (χ2v) is 4.47. The van der Waals surface area contributed by atoms with Crippen molar-refractivity contribution in [1.29, 1.82) is 0 Å². The van der Waals surface area contributed by atoms with Crippen molar-refractivity contribution in [1.82, 2.24) is 9.78 Å². The van der Waals surface area contributed by atoms with Crippen LogP contribution in [0.5, 0.6) is 0 Å². The molecule has 14 heavy (non-hydrogen) atoms. The molecule has 0 aliphatic heterocycles. The van der Waals surface area contributed by atoms with Gasteiger partial charge in [0.1, 0.15) is 0 Å². The summed E-state index contributed by atoms with van der Waals surface area (Å²) in [5.74, 6) is 0. The van der Waals surface area contributed by atoms with Gasteiger partial charge in [-0.15, -0.1) is 0 Å². The van der Waals surface area contributed by atoms with E-state index in [1.807, 2.05) is 17.9 Å². The molecule has 0 atom stereocenters. The molecule has 0 spiro atoms. The Morgan fingerprint density at radius 2 is 2.29 bits per heavy atom. The van der Waals surface area contributed by atoms with Crippen LogP contribution in [0.3, 0.4) is 0 Å². The van der Waals surface area contributed by atoms with E-state index < -0.39 is 0 Å². The van der Waals surface area contributed by atoms with Crippen LogP contribution >= 0.6 is 0 Å². The summed E-state index contributed by atoms with van der Waals surface area (Å²) in [5, 5.41) is 4.32. The van der Waals surface area contributed by atoms with E-state index >= 15 is 0 Å². The summed E-state index contributed by atoms with van der Waals surface area (Å²) < 4.78 is 2.03. The molecule has 78 valence electrons. The molecule has 0 saturated heterocycles. The zero-order valence-corrected chi connectivity index (χ0v) is 9.08. The Kier molecular flexibility index (Phi) is 2.35. The third-order valence-corrected chi connectivity index (χ3v) is 3.56. The molecule has 2 rings (SSSR count). The van der Waals surface area contributed by atoms with Crippen molar-refractivity contribution in [2.75, 3.05) is 6.54 Å². The normalized spacial score (nSPS) is 19.4. The van der Waals surface area contributed by atoms with E-state index in [0.717, 1.165) is 13.0 Å². The quantitative estimate of drug-likeness (QED) is 0.790. The van der Waals surface area contributed by atoms with E-state index in [1.54, 1.807) is 0 Å². The molecular formula is C11H19N3. The molecule has 0 amide bonds.